The van der Waals surface area contributed by atoms with Crippen LogP contribution in [0.3, 0.4) is 0 Å². The summed E-state index contributed by atoms with van der Waals surface area (Å²) in [5, 5.41) is 3.23. The van der Waals surface area contributed by atoms with Gasteiger partial charge in [-0.05, 0) is 48.7 Å². The normalized spacial score (nSPS) is 10.8. The van der Waals surface area contributed by atoms with Crippen molar-refractivity contribution in [1.82, 2.24) is 0 Å². The number of para-hydroxylation sites is 1. The lowest BCUT2D eigenvalue weighted by Gasteiger charge is -2.10. The number of carbonyl (C=O) groups is 1. The van der Waals surface area contributed by atoms with E-state index >= 15 is 0 Å². The molecule has 0 heterocycles. The first-order valence-corrected chi connectivity index (χ1v) is 7.72. The van der Waals surface area contributed by atoms with E-state index in [1.165, 1.54) is 11.1 Å². The average Bonchev–Trinajstić information content (AvgIpc) is 2.49. The van der Waals surface area contributed by atoms with Crippen molar-refractivity contribution in [2.75, 3.05) is 5.32 Å². The molecular formula is C18H18BrNO. The summed E-state index contributed by atoms with van der Waals surface area (Å²) in [6.45, 7) is 4.18. The number of hydrogen-bond acceptors (Lipinski definition) is 2. The van der Waals surface area contributed by atoms with Gasteiger partial charge >= 0.3 is 0 Å². The number of carbonyl (C=O) groups excluding carboxylic acids is 1. The topological polar surface area (TPSA) is 29.1 Å². The summed E-state index contributed by atoms with van der Waals surface area (Å²) in [6, 6.07) is 13.6. The van der Waals surface area contributed by atoms with E-state index in [0.717, 1.165) is 16.6 Å². The van der Waals surface area contributed by atoms with Gasteiger partial charge in [0.15, 0.2) is 5.78 Å². The highest BCUT2D eigenvalue weighted by Crippen LogP contribution is 2.21. The van der Waals surface area contributed by atoms with Crippen LogP contribution in [0.2, 0.25) is 0 Å². The molecule has 0 saturated heterocycles. The first-order chi connectivity index (χ1) is 10.1. The standard InChI is InChI=1S/C18H18BrNO/c1-3-14-6-4-5-13(2)18(14)20-12-11-17(21)15-7-9-16(19)10-8-15/h4-12,20H,3H2,1-2H3/b12-11+. The summed E-state index contributed by atoms with van der Waals surface area (Å²) < 4.78 is 0.966. The van der Waals surface area contributed by atoms with Gasteiger partial charge in [0.05, 0.1) is 0 Å². The van der Waals surface area contributed by atoms with Crippen LogP contribution in [0.4, 0.5) is 5.69 Å². The Balaban J connectivity index is 2.09. The Morgan fingerprint density at radius 1 is 1.19 bits per heavy atom. The van der Waals surface area contributed by atoms with Gasteiger partial charge in [-0.15, -0.1) is 0 Å². The Bertz CT molecular complexity index is 659. The van der Waals surface area contributed by atoms with Gasteiger partial charge in [0.1, 0.15) is 0 Å². The van der Waals surface area contributed by atoms with Gasteiger partial charge < -0.3 is 5.32 Å². The zero-order valence-corrected chi connectivity index (χ0v) is 13.8. The minimum atomic E-state index is -0.0124. The summed E-state index contributed by atoms with van der Waals surface area (Å²) in [5.41, 5.74) is 4.18. The summed E-state index contributed by atoms with van der Waals surface area (Å²) in [7, 11) is 0. The molecule has 2 nitrogen and oxygen atoms in total. The summed E-state index contributed by atoms with van der Waals surface area (Å²) in [6.07, 6.45) is 4.24. The minimum absolute atomic E-state index is 0.0124. The van der Waals surface area contributed by atoms with Gasteiger partial charge in [0.25, 0.3) is 0 Å². The second-order valence-electron chi connectivity index (χ2n) is 4.81. The van der Waals surface area contributed by atoms with E-state index in [2.05, 4.69) is 53.3 Å². The molecule has 0 unspecified atom stereocenters. The Labute approximate surface area is 134 Å². The van der Waals surface area contributed by atoms with Gasteiger partial charge in [-0.2, -0.15) is 0 Å². The SMILES string of the molecule is CCc1cccc(C)c1N/C=C/C(=O)c1ccc(Br)cc1. The molecule has 0 fully saturated rings. The van der Waals surface area contributed by atoms with Crippen LogP contribution in [0.15, 0.2) is 59.2 Å². The Morgan fingerprint density at radius 2 is 1.90 bits per heavy atom. The fourth-order valence-corrected chi connectivity index (χ4v) is 2.41. The van der Waals surface area contributed by atoms with E-state index in [9.17, 15) is 4.79 Å². The van der Waals surface area contributed by atoms with Crippen LogP contribution in [0, 0.1) is 6.92 Å². The molecule has 0 amide bonds. The number of nitrogens with one attached hydrogen (secondary N) is 1. The first kappa shape index (κ1) is 15.5. The summed E-state index contributed by atoms with van der Waals surface area (Å²) in [4.78, 5) is 12.0. The average molecular weight is 344 g/mol. The number of anilines is 1. The molecule has 1 N–H and O–H groups in total. The van der Waals surface area contributed by atoms with Crippen LogP contribution in [0.25, 0.3) is 0 Å². The molecule has 108 valence electrons. The molecule has 0 aromatic heterocycles. The maximum atomic E-state index is 12.0. The van der Waals surface area contributed by atoms with E-state index in [-0.39, 0.29) is 5.78 Å². The van der Waals surface area contributed by atoms with Crippen molar-refractivity contribution < 1.29 is 4.79 Å². The predicted octanol–water partition coefficient (Wildman–Crippen LogP) is 5.13. The van der Waals surface area contributed by atoms with Crippen LogP contribution in [-0.2, 0) is 6.42 Å². The van der Waals surface area contributed by atoms with Crippen molar-refractivity contribution in [3.63, 3.8) is 0 Å². The van der Waals surface area contributed by atoms with Crippen LogP contribution in [0.5, 0.6) is 0 Å². The van der Waals surface area contributed by atoms with E-state index in [1.54, 1.807) is 12.3 Å². The van der Waals surface area contributed by atoms with Gasteiger partial charge in [0.2, 0.25) is 0 Å². The molecule has 2 rings (SSSR count). The molecule has 0 bridgehead atoms. The predicted molar refractivity (Wildman–Crippen MR) is 91.8 cm³/mol. The largest absolute Gasteiger partial charge is 0.361 e. The summed E-state index contributed by atoms with van der Waals surface area (Å²) in [5.74, 6) is -0.0124. The van der Waals surface area contributed by atoms with Crippen molar-refractivity contribution >= 4 is 27.4 Å². The third-order valence-corrected chi connectivity index (χ3v) is 3.86. The lowest BCUT2D eigenvalue weighted by molar-refractivity contribution is 0.104. The fraction of sp³-hybridized carbons (Fsp3) is 0.167. The zero-order chi connectivity index (χ0) is 15.2. The number of aryl methyl sites for hydroxylation is 2. The molecule has 3 heteroatoms. The van der Waals surface area contributed by atoms with Crippen molar-refractivity contribution in [3.05, 3.63) is 75.9 Å². The highest BCUT2D eigenvalue weighted by Gasteiger charge is 2.03. The van der Waals surface area contributed by atoms with Crippen LogP contribution in [0.1, 0.15) is 28.4 Å². The number of hydrogen-bond donors (Lipinski definition) is 1. The maximum Gasteiger partial charge on any atom is 0.187 e. The number of benzene rings is 2. The maximum absolute atomic E-state index is 12.0. The second-order valence-corrected chi connectivity index (χ2v) is 5.73. The molecule has 0 spiro atoms. The van der Waals surface area contributed by atoms with Gasteiger partial charge in [0, 0.05) is 28.0 Å². The molecule has 2 aromatic carbocycles. The van der Waals surface area contributed by atoms with Gasteiger partial charge in [-0.25, -0.2) is 0 Å². The van der Waals surface area contributed by atoms with E-state index in [1.807, 2.05) is 24.3 Å². The highest BCUT2D eigenvalue weighted by atomic mass is 79.9. The van der Waals surface area contributed by atoms with Crippen molar-refractivity contribution in [2.45, 2.75) is 20.3 Å². The van der Waals surface area contributed by atoms with Crippen molar-refractivity contribution in [2.24, 2.45) is 0 Å². The Hall–Kier alpha value is -1.87. The van der Waals surface area contributed by atoms with Gasteiger partial charge in [-0.3, -0.25) is 4.79 Å². The monoisotopic (exact) mass is 343 g/mol. The molecule has 2 aromatic rings. The van der Waals surface area contributed by atoms with E-state index < -0.39 is 0 Å². The highest BCUT2D eigenvalue weighted by molar-refractivity contribution is 9.10. The molecule has 21 heavy (non-hydrogen) atoms. The fourth-order valence-electron chi connectivity index (χ4n) is 2.14. The third-order valence-electron chi connectivity index (χ3n) is 3.33. The smallest absolute Gasteiger partial charge is 0.187 e. The molecule has 0 radical (unpaired) electrons. The lowest BCUT2D eigenvalue weighted by Crippen LogP contribution is -1.99. The number of ketones is 1. The Morgan fingerprint density at radius 3 is 2.57 bits per heavy atom. The summed E-state index contributed by atoms with van der Waals surface area (Å²) >= 11 is 3.36. The number of allylic oxidation sites excluding steroid dienone is 1. The van der Waals surface area contributed by atoms with E-state index in [4.69, 9.17) is 0 Å². The molecule has 0 saturated carbocycles. The quantitative estimate of drug-likeness (QED) is 0.602. The van der Waals surface area contributed by atoms with E-state index in [0.29, 0.717) is 5.56 Å². The molecule has 0 aliphatic carbocycles. The lowest BCUT2D eigenvalue weighted by atomic mass is 10.1. The second kappa shape index (κ2) is 7.23. The Kier molecular flexibility index (Phi) is 5.34. The molecule has 0 aliphatic heterocycles. The van der Waals surface area contributed by atoms with Crippen LogP contribution >= 0.6 is 15.9 Å². The third kappa shape index (κ3) is 4.05. The van der Waals surface area contributed by atoms with Crippen molar-refractivity contribution in [3.8, 4) is 0 Å². The number of rotatable bonds is 5. The molecular weight excluding hydrogens is 326 g/mol. The minimum Gasteiger partial charge on any atom is -0.361 e. The van der Waals surface area contributed by atoms with Crippen LogP contribution in [-0.4, -0.2) is 5.78 Å². The first-order valence-electron chi connectivity index (χ1n) is 6.93. The van der Waals surface area contributed by atoms with Crippen LogP contribution < -0.4 is 5.32 Å². The van der Waals surface area contributed by atoms with Crippen molar-refractivity contribution in [1.29, 1.82) is 0 Å². The van der Waals surface area contributed by atoms with Gasteiger partial charge in [-0.1, -0.05) is 41.1 Å². The molecule has 0 atom stereocenters. The molecule has 0 aliphatic rings. The zero-order valence-electron chi connectivity index (χ0n) is 12.2. The number of halogens is 1.